The van der Waals surface area contributed by atoms with Crippen molar-refractivity contribution in [1.82, 2.24) is 10.2 Å². The Balaban J connectivity index is 1.60. The number of methoxy groups -OCH3 is 2. The van der Waals surface area contributed by atoms with E-state index in [-0.39, 0.29) is 24.8 Å². The first-order valence-corrected chi connectivity index (χ1v) is 14.0. The van der Waals surface area contributed by atoms with Gasteiger partial charge in [0.25, 0.3) is 0 Å². The number of halogens is 2. The lowest BCUT2D eigenvalue weighted by Gasteiger charge is -2.32. The average molecular weight is 592 g/mol. The van der Waals surface area contributed by atoms with Gasteiger partial charge in [0.15, 0.2) is 11.5 Å². The van der Waals surface area contributed by atoms with Crippen molar-refractivity contribution in [2.45, 2.75) is 25.4 Å². The van der Waals surface area contributed by atoms with E-state index in [4.69, 9.17) is 32.7 Å². The van der Waals surface area contributed by atoms with Crippen LogP contribution in [0.3, 0.4) is 0 Å². The van der Waals surface area contributed by atoms with E-state index < -0.39 is 6.04 Å². The number of carbonyl (C=O) groups is 2. The third-order valence-corrected chi connectivity index (χ3v) is 7.20. The van der Waals surface area contributed by atoms with Gasteiger partial charge in [0.1, 0.15) is 6.04 Å². The normalized spacial score (nSPS) is 11.4. The maximum Gasteiger partial charge on any atom is 0.247 e. The zero-order valence-electron chi connectivity index (χ0n) is 23.0. The van der Waals surface area contributed by atoms with Crippen LogP contribution in [0, 0.1) is 0 Å². The average Bonchev–Trinajstić information content (AvgIpc) is 2.99. The molecule has 6 nitrogen and oxygen atoms in total. The summed E-state index contributed by atoms with van der Waals surface area (Å²) in [6.45, 7) is 0.601. The lowest BCUT2D eigenvalue weighted by molar-refractivity contribution is -0.141. The van der Waals surface area contributed by atoms with Crippen LogP contribution in [0.1, 0.15) is 28.3 Å². The van der Waals surface area contributed by atoms with Crippen LogP contribution in [0.4, 0.5) is 0 Å². The summed E-state index contributed by atoms with van der Waals surface area (Å²) in [5.74, 6) is 0.808. The van der Waals surface area contributed by atoms with Crippen molar-refractivity contribution < 1.29 is 19.1 Å². The first-order valence-electron chi connectivity index (χ1n) is 13.2. The van der Waals surface area contributed by atoms with E-state index in [0.29, 0.717) is 34.5 Å². The van der Waals surface area contributed by atoms with Crippen molar-refractivity contribution in [2.24, 2.45) is 0 Å². The Bertz CT molecular complexity index is 1440. The van der Waals surface area contributed by atoms with Crippen LogP contribution in [0.25, 0.3) is 0 Å². The Morgan fingerprint density at radius 1 is 0.756 bits per heavy atom. The van der Waals surface area contributed by atoms with Gasteiger partial charge in [-0.1, -0.05) is 83.9 Å². The minimum absolute atomic E-state index is 0.118. The van der Waals surface area contributed by atoms with E-state index in [1.807, 2.05) is 72.8 Å². The molecule has 0 radical (unpaired) electrons. The Labute approximate surface area is 250 Å². The van der Waals surface area contributed by atoms with Gasteiger partial charge < -0.3 is 19.7 Å². The summed E-state index contributed by atoms with van der Waals surface area (Å²) in [6, 6.07) is 28.6. The van der Waals surface area contributed by atoms with Gasteiger partial charge in [-0.2, -0.15) is 0 Å². The van der Waals surface area contributed by atoms with Gasteiger partial charge in [-0.05, 0) is 65.1 Å². The second kappa shape index (κ2) is 14.6. The fourth-order valence-electron chi connectivity index (χ4n) is 4.56. The van der Waals surface area contributed by atoms with Crippen molar-refractivity contribution >= 4 is 35.0 Å². The standard InChI is InChI=1S/C33H32Cl2N2O4/c1-40-29-17-12-24(20-30(29)41-2)18-19-36-33(39)32(26-6-4-3-5-7-26)37(22-25-10-15-28(35)16-11-25)31(38)21-23-8-13-27(34)14-9-23/h3-17,20,32H,18-19,21-22H2,1-2H3,(H,36,39)/t32-/m1/s1. The Hall–Kier alpha value is -4.00. The first-order chi connectivity index (χ1) is 19.9. The number of carbonyl (C=O) groups excluding carboxylic acids is 2. The van der Waals surface area contributed by atoms with Gasteiger partial charge in [0.05, 0.1) is 20.6 Å². The molecule has 0 fully saturated rings. The summed E-state index contributed by atoms with van der Waals surface area (Å²) in [5.41, 5.74) is 3.37. The Morgan fingerprint density at radius 3 is 1.95 bits per heavy atom. The number of rotatable bonds is 12. The molecular formula is C33H32Cl2N2O4. The molecule has 41 heavy (non-hydrogen) atoms. The molecule has 0 aliphatic heterocycles. The fourth-order valence-corrected chi connectivity index (χ4v) is 4.81. The molecule has 0 saturated heterocycles. The predicted molar refractivity (Wildman–Crippen MR) is 163 cm³/mol. The number of ether oxygens (including phenoxy) is 2. The topological polar surface area (TPSA) is 67.9 Å². The van der Waals surface area contributed by atoms with E-state index in [1.54, 1.807) is 43.4 Å². The van der Waals surface area contributed by atoms with Gasteiger partial charge in [-0.25, -0.2) is 0 Å². The molecular weight excluding hydrogens is 559 g/mol. The van der Waals surface area contributed by atoms with E-state index in [0.717, 1.165) is 22.3 Å². The summed E-state index contributed by atoms with van der Waals surface area (Å²) in [6.07, 6.45) is 0.691. The number of nitrogens with one attached hydrogen (secondary N) is 1. The van der Waals surface area contributed by atoms with Gasteiger partial charge in [0.2, 0.25) is 11.8 Å². The molecule has 0 aromatic heterocycles. The molecule has 4 aromatic carbocycles. The third-order valence-electron chi connectivity index (χ3n) is 6.69. The molecule has 212 valence electrons. The molecule has 1 N–H and O–H groups in total. The number of hydrogen-bond donors (Lipinski definition) is 1. The minimum Gasteiger partial charge on any atom is -0.493 e. The largest absolute Gasteiger partial charge is 0.493 e. The van der Waals surface area contributed by atoms with Crippen molar-refractivity contribution in [3.63, 3.8) is 0 Å². The highest BCUT2D eigenvalue weighted by Crippen LogP contribution is 2.28. The van der Waals surface area contributed by atoms with Crippen molar-refractivity contribution in [3.8, 4) is 11.5 Å². The molecule has 0 spiro atoms. The monoisotopic (exact) mass is 590 g/mol. The van der Waals surface area contributed by atoms with E-state index in [1.165, 1.54) is 0 Å². The second-order valence-electron chi connectivity index (χ2n) is 9.49. The molecule has 0 heterocycles. The van der Waals surface area contributed by atoms with Crippen LogP contribution >= 0.6 is 23.2 Å². The second-order valence-corrected chi connectivity index (χ2v) is 10.4. The van der Waals surface area contributed by atoms with Crippen molar-refractivity contribution in [3.05, 3.63) is 129 Å². The van der Waals surface area contributed by atoms with E-state index in [9.17, 15) is 9.59 Å². The third kappa shape index (κ3) is 8.26. The van der Waals surface area contributed by atoms with Gasteiger partial charge >= 0.3 is 0 Å². The molecule has 0 saturated carbocycles. The lowest BCUT2D eigenvalue weighted by atomic mass is 10.0. The fraction of sp³-hybridized carbons (Fsp3) is 0.212. The zero-order chi connectivity index (χ0) is 29.2. The molecule has 0 bridgehead atoms. The van der Waals surface area contributed by atoms with Gasteiger partial charge in [-0.15, -0.1) is 0 Å². The van der Waals surface area contributed by atoms with Crippen LogP contribution in [0.5, 0.6) is 11.5 Å². The quantitative estimate of drug-likeness (QED) is 0.200. The number of amides is 2. The molecule has 0 aliphatic rings. The highest BCUT2D eigenvalue weighted by molar-refractivity contribution is 6.30. The van der Waals surface area contributed by atoms with Crippen LogP contribution in [0.2, 0.25) is 10.0 Å². The number of hydrogen-bond acceptors (Lipinski definition) is 4. The maximum absolute atomic E-state index is 13.9. The molecule has 0 unspecified atom stereocenters. The molecule has 0 aliphatic carbocycles. The first kappa shape index (κ1) is 30.0. The molecule has 4 aromatic rings. The predicted octanol–water partition coefficient (Wildman–Crippen LogP) is 6.68. The highest BCUT2D eigenvalue weighted by Gasteiger charge is 2.31. The van der Waals surface area contributed by atoms with Gasteiger partial charge in [0, 0.05) is 23.1 Å². The smallest absolute Gasteiger partial charge is 0.247 e. The zero-order valence-corrected chi connectivity index (χ0v) is 24.5. The van der Waals surface area contributed by atoms with Gasteiger partial charge in [-0.3, -0.25) is 9.59 Å². The van der Waals surface area contributed by atoms with Crippen molar-refractivity contribution in [1.29, 1.82) is 0 Å². The minimum atomic E-state index is -0.850. The van der Waals surface area contributed by atoms with E-state index >= 15 is 0 Å². The molecule has 4 rings (SSSR count). The van der Waals surface area contributed by atoms with E-state index in [2.05, 4.69) is 5.32 Å². The number of benzene rings is 4. The molecule has 1 atom stereocenters. The summed E-state index contributed by atoms with van der Waals surface area (Å²) >= 11 is 12.2. The Kier molecular flexibility index (Phi) is 10.7. The Morgan fingerprint density at radius 2 is 1.34 bits per heavy atom. The lowest BCUT2D eigenvalue weighted by Crippen LogP contribution is -2.44. The maximum atomic E-state index is 13.9. The van der Waals surface area contributed by atoms with Crippen molar-refractivity contribution in [2.75, 3.05) is 20.8 Å². The SMILES string of the molecule is COc1ccc(CCNC(=O)[C@@H](c2ccccc2)N(Cc2ccc(Cl)cc2)C(=O)Cc2ccc(Cl)cc2)cc1OC. The highest BCUT2D eigenvalue weighted by atomic mass is 35.5. The summed E-state index contributed by atoms with van der Waals surface area (Å²) in [5, 5.41) is 4.24. The number of nitrogens with zero attached hydrogens (tertiary/aromatic N) is 1. The summed E-state index contributed by atoms with van der Waals surface area (Å²) in [4.78, 5) is 29.4. The molecule has 8 heteroatoms. The summed E-state index contributed by atoms with van der Waals surface area (Å²) < 4.78 is 10.7. The summed E-state index contributed by atoms with van der Waals surface area (Å²) in [7, 11) is 3.18. The van der Waals surface area contributed by atoms with Crippen LogP contribution in [0.15, 0.2) is 97.1 Å². The molecule has 2 amide bonds. The van der Waals surface area contributed by atoms with Crippen LogP contribution in [-0.4, -0.2) is 37.5 Å². The van der Waals surface area contributed by atoms with Crippen LogP contribution < -0.4 is 14.8 Å². The van der Waals surface area contributed by atoms with Crippen LogP contribution in [-0.2, 0) is 29.0 Å².